The Kier molecular flexibility index (Phi) is 11.1. The lowest BCUT2D eigenvalue weighted by Crippen LogP contribution is -2.56. The number of carbonyl (C=O) groups excluding carboxylic acids is 3. The minimum absolute atomic E-state index is 0.0584. The number of carboxylic acid groups (broad SMARTS) is 1. The van der Waals surface area contributed by atoms with Crippen LogP contribution in [0.2, 0.25) is 0 Å². The number of piperazine rings is 1. The summed E-state index contributed by atoms with van der Waals surface area (Å²) in [5.74, 6) is -1.62. The fourth-order valence-corrected chi connectivity index (χ4v) is 4.10. The lowest BCUT2D eigenvalue weighted by atomic mass is 10.1. The number of benzene rings is 1. The number of rotatable bonds is 12. The molecule has 1 fully saturated rings. The number of hydrogen-bond donors (Lipinski definition) is 2. The summed E-state index contributed by atoms with van der Waals surface area (Å²) < 4.78 is 10.9. The van der Waals surface area contributed by atoms with Crippen LogP contribution < -0.4 is 10.1 Å². The third-order valence-corrected chi connectivity index (χ3v) is 6.24. The van der Waals surface area contributed by atoms with Crippen LogP contribution >= 0.6 is 0 Å². The number of nitrogens with zero attached hydrogens (tertiary/aromatic N) is 3. The first-order valence-corrected chi connectivity index (χ1v) is 13.3. The van der Waals surface area contributed by atoms with Gasteiger partial charge in [-0.25, -0.2) is 9.78 Å². The van der Waals surface area contributed by atoms with Gasteiger partial charge in [0.1, 0.15) is 17.5 Å². The number of pyridine rings is 1. The predicted octanol–water partition coefficient (Wildman–Crippen LogP) is 3.19. The van der Waals surface area contributed by atoms with Crippen molar-refractivity contribution < 1.29 is 33.8 Å². The van der Waals surface area contributed by atoms with Gasteiger partial charge in [-0.05, 0) is 19.8 Å². The van der Waals surface area contributed by atoms with Crippen molar-refractivity contribution in [2.24, 2.45) is 0 Å². The van der Waals surface area contributed by atoms with Crippen LogP contribution in [0.15, 0.2) is 42.5 Å². The van der Waals surface area contributed by atoms with Crippen LogP contribution in [0.3, 0.4) is 0 Å². The quantitative estimate of drug-likeness (QED) is 0.392. The molecule has 39 heavy (non-hydrogen) atoms. The van der Waals surface area contributed by atoms with Gasteiger partial charge in [0.15, 0.2) is 0 Å². The molecule has 2 N–H and O–H groups in total. The van der Waals surface area contributed by atoms with E-state index in [4.69, 9.17) is 9.47 Å². The van der Waals surface area contributed by atoms with Crippen molar-refractivity contribution in [1.82, 2.24) is 20.1 Å². The summed E-state index contributed by atoms with van der Waals surface area (Å²) >= 11 is 0. The van der Waals surface area contributed by atoms with Gasteiger partial charge < -0.3 is 29.7 Å². The molecule has 2 heterocycles. The van der Waals surface area contributed by atoms with Crippen LogP contribution in [-0.2, 0) is 14.3 Å². The highest BCUT2D eigenvalue weighted by Gasteiger charge is 2.31. The average molecular weight is 541 g/mol. The van der Waals surface area contributed by atoms with E-state index in [9.17, 15) is 24.3 Å². The Labute approximate surface area is 228 Å². The normalized spacial score (nSPS) is 13.9. The molecule has 11 nitrogen and oxygen atoms in total. The van der Waals surface area contributed by atoms with Gasteiger partial charge in [-0.15, -0.1) is 0 Å². The molecule has 1 aliphatic heterocycles. The molecule has 0 bridgehead atoms. The number of amides is 3. The molecular weight excluding hydrogens is 504 g/mol. The molecule has 2 aromatic rings. The van der Waals surface area contributed by atoms with Gasteiger partial charge in [-0.1, -0.05) is 43.7 Å². The molecule has 0 spiro atoms. The van der Waals surface area contributed by atoms with Crippen LogP contribution in [0, 0.1) is 0 Å². The van der Waals surface area contributed by atoms with E-state index < -0.39 is 29.9 Å². The Morgan fingerprint density at radius 2 is 1.72 bits per heavy atom. The fourth-order valence-electron chi connectivity index (χ4n) is 4.10. The van der Waals surface area contributed by atoms with Crippen LogP contribution in [0.5, 0.6) is 5.75 Å². The SMILES string of the molecule is CCCCOc1cc(C(=O)N[C@@H](CCC(=O)O)C(=O)N2CCN(C(=O)OCC)CC2)nc(-c2ccccc2)c1. The Hall–Kier alpha value is -4.15. The molecule has 0 aliphatic carbocycles. The molecule has 1 aromatic carbocycles. The van der Waals surface area contributed by atoms with Crippen LogP contribution in [0.4, 0.5) is 4.79 Å². The smallest absolute Gasteiger partial charge is 0.409 e. The second-order valence-corrected chi connectivity index (χ2v) is 9.11. The molecule has 11 heteroatoms. The van der Waals surface area contributed by atoms with Gasteiger partial charge in [0.2, 0.25) is 5.91 Å². The van der Waals surface area contributed by atoms with E-state index in [1.165, 1.54) is 15.9 Å². The monoisotopic (exact) mass is 540 g/mol. The first-order valence-electron chi connectivity index (χ1n) is 13.3. The fraction of sp³-hybridized carbons (Fsp3) is 0.464. The first-order chi connectivity index (χ1) is 18.8. The van der Waals surface area contributed by atoms with E-state index >= 15 is 0 Å². The van der Waals surface area contributed by atoms with Crippen molar-refractivity contribution in [3.8, 4) is 17.0 Å². The molecule has 1 atom stereocenters. The van der Waals surface area contributed by atoms with Crippen LogP contribution in [-0.4, -0.2) is 89.2 Å². The zero-order valence-electron chi connectivity index (χ0n) is 22.4. The number of carboxylic acids is 1. The lowest BCUT2D eigenvalue weighted by Gasteiger charge is -2.35. The average Bonchev–Trinajstić information content (AvgIpc) is 2.95. The van der Waals surface area contributed by atoms with E-state index in [1.807, 2.05) is 30.3 Å². The molecule has 1 aliphatic rings. The van der Waals surface area contributed by atoms with Crippen molar-refractivity contribution in [2.75, 3.05) is 39.4 Å². The molecule has 3 amide bonds. The second-order valence-electron chi connectivity index (χ2n) is 9.11. The van der Waals surface area contributed by atoms with Crippen molar-refractivity contribution >= 4 is 23.9 Å². The van der Waals surface area contributed by atoms with E-state index in [-0.39, 0.29) is 51.3 Å². The van der Waals surface area contributed by atoms with E-state index in [0.29, 0.717) is 18.1 Å². The van der Waals surface area contributed by atoms with E-state index in [2.05, 4.69) is 17.2 Å². The van der Waals surface area contributed by atoms with Gasteiger partial charge in [0.05, 0.1) is 18.9 Å². The molecule has 1 aromatic heterocycles. The summed E-state index contributed by atoms with van der Waals surface area (Å²) in [5.41, 5.74) is 1.40. The molecule has 0 saturated carbocycles. The maximum absolute atomic E-state index is 13.3. The summed E-state index contributed by atoms with van der Waals surface area (Å²) in [6.07, 6.45) is 0.964. The Bertz CT molecular complexity index is 1130. The number of aliphatic carboxylic acids is 1. The molecule has 0 radical (unpaired) electrons. The van der Waals surface area contributed by atoms with Crippen molar-refractivity contribution in [2.45, 2.75) is 45.6 Å². The molecule has 0 unspecified atom stereocenters. The highest BCUT2D eigenvalue weighted by Crippen LogP contribution is 2.24. The minimum Gasteiger partial charge on any atom is -0.493 e. The Morgan fingerprint density at radius 1 is 1.03 bits per heavy atom. The van der Waals surface area contributed by atoms with Gasteiger partial charge in [0, 0.05) is 50.3 Å². The maximum atomic E-state index is 13.3. The van der Waals surface area contributed by atoms with Gasteiger partial charge >= 0.3 is 12.1 Å². The van der Waals surface area contributed by atoms with Crippen molar-refractivity contribution in [3.05, 3.63) is 48.2 Å². The lowest BCUT2D eigenvalue weighted by molar-refractivity contribution is -0.138. The summed E-state index contributed by atoms with van der Waals surface area (Å²) in [4.78, 5) is 57.5. The highest BCUT2D eigenvalue weighted by atomic mass is 16.6. The number of carbonyl (C=O) groups is 4. The molecule has 1 saturated heterocycles. The minimum atomic E-state index is -1.08. The van der Waals surface area contributed by atoms with Crippen LogP contribution in [0.1, 0.15) is 50.0 Å². The maximum Gasteiger partial charge on any atom is 0.409 e. The first kappa shape index (κ1) is 29.4. The topological polar surface area (TPSA) is 138 Å². The summed E-state index contributed by atoms with van der Waals surface area (Å²) in [6, 6.07) is 11.6. The zero-order chi connectivity index (χ0) is 28.2. The highest BCUT2D eigenvalue weighted by molar-refractivity contribution is 5.97. The van der Waals surface area contributed by atoms with Gasteiger partial charge in [-0.2, -0.15) is 0 Å². The summed E-state index contributed by atoms with van der Waals surface area (Å²) in [6.45, 7) is 5.56. The number of unbranched alkanes of at least 4 members (excludes halogenated alkanes) is 1. The number of nitrogens with one attached hydrogen (secondary N) is 1. The number of hydrogen-bond acceptors (Lipinski definition) is 7. The molecule has 210 valence electrons. The zero-order valence-corrected chi connectivity index (χ0v) is 22.4. The predicted molar refractivity (Wildman–Crippen MR) is 143 cm³/mol. The summed E-state index contributed by atoms with van der Waals surface area (Å²) in [5, 5.41) is 11.9. The number of ether oxygens (including phenoxy) is 2. The van der Waals surface area contributed by atoms with Gasteiger partial charge in [0.25, 0.3) is 5.91 Å². The third-order valence-electron chi connectivity index (χ3n) is 6.24. The van der Waals surface area contributed by atoms with Gasteiger partial charge in [-0.3, -0.25) is 14.4 Å². The molecular formula is C28H36N4O7. The number of aromatic nitrogens is 1. The van der Waals surface area contributed by atoms with Crippen LogP contribution in [0.25, 0.3) is 11.3 Å². The van der Waals surface area contributed by atoms with Crippen molar-refractivity contribution in [3.63, 3.8) is 0 Å². The van der Waals surface area contributed by atoms with Crippen molar-refractivity contribution in [1.29, 1.82) is 0 Å². The summed E-state index contributed by atoms with van der Waals surface area (Å²) in [7, 11) is 0. The van der Waals surface area contributed by atoms with E-state index in [1.54, 1.807) is 13.0 Å². The second kappa shape index (κ2) is 14.7. The van der Waals surface area contributed by atoms with E-state index in [0.717, 1.165) is 18.4 Å². The molecule has 3 rings (SSSR count). The Balaban J connectivity index is 1.78. The largest absolute Gasteiger partial charge is 0.493 e. The standard InChI is InChI=1S/C28H36N4O7/c1-3-5-17-39-21-18-23(20-9-7-6-8-10-20)29-24(19-21)26(35)30-22(11-12-25(33)34)27(36)31-13-15-32(16-14-31)28(37)38-4-2/h6-10,18-19,22H,3-5,11-17H2,1-2H3,(H,30,35)(H,33,34)/t22-/m0/s1. The third kappa shape index (κ3) is 8.69. The Morgan fingerprint density at radius 3 is 2.36 bits per heavy atom.